The third-order valence-electron chi connectivity index (χ3n) is 3.76. The fourth-order valence-electron chi connectivity index (χ4n) is 2.29. The molecule has 34 heavy (non-hydrogen) atoms. The van der Waals surface area contributed by atoms with Gasteiger partial charge in [0.25, 0.3) is 10.0 Å². The highest BCUT2D eigenvalue weighted by Crippen LogP contribution is 2.39. The van der Waals surface area contributed by atoms with Gasteiger partial charge in [-0.05, 0) is 24.3 Å². The molecule has 0 atom stereocenters. The van der Waals surface area contributed by atoms with Crippen molar-refractivity contribution >= 4 is 72.1 Å². The van der Waals surface area contributed by atoms with Crippen LogP contribution >= 0.6 is 46.1 Å². The SMILES string of the molecule is COc1cnc(C(F)(F)F)nc1N(OS(=O)(=O)c1ccc(Cl)s1)S(=O)(=O)c1cccc(Cl)c1Cl. The molecule has 0 fully saturated rings. The van der Waals surface area contributed by atoms with Crippen LogP contribution in [0.15, 0.2) is 45.6 Å². The molecule has 9 nitrogen and oxygen atoms in total. The number of nitrogens with zero attached hydrogens (tertiary/aromatic N) is 3. The second-order valence-corrected chi connectivity index (χ2v) is 11.9. The Morgan fingerprint density at radius 1 is 1.06 bits per heavy atom. The average Bonchev–Trinajstić information content (AvgIpc) is 3.20. The first kappa shape index (κ1) is 26.7. The molecular formula is C16H9Cl3F3N3O6S3. The fourth-order valence-corrected chi connectivity index (χ4v) is 6.87. The second kappa shape index (κ2) is 9.64. The Hall–Kier alpha value is -1.88. The van der Waals surface area contributed by atoms with Gasteiger partial charge in [0.15, 0.2) is 5.75 Å². The van der Waals surface area contributed by atoms with Gasteiger partial charge in [-0.15, -0.1) is 20.1 Å². The highest BCUT2D eigenvalue weighted by Gasteiger charge is 2.41. The molecule has 0 amide bonds. The van der Waals surface area contributed by atoms with Gasteiger partial charge in [-0.2, -0.15) is 35.0 Å². The standard InChI is InChI=1S/C16H9Cl3F3N3O6S3/c1-30-9-7-23-15(16(20,21)22)24-14(9)25(31-34(28,29)12-6-5-11(18)32-12)33(26,27)10-4-2-3-8(17)13(10)19/h2-7H,1H3. The molecule has 0 aliphatic carbocycles. The van der Waals surface area contributed by atoms with Crippen molar-refractivity contribution in [1.29, 1.82) is 0 Å². The van der Waals surface area contributed by atoms with E-state index in [0.29, 0.717) is 17.5 Å². The first-order chi connectivity index (χ1) is 15.7. The maximum absolute atomic E-state index is 13.4. The molecule has 0 radical (unpaired) electrons. The summed E-state index contributed by atoms with van der Waals surface area (Å²) in [7, 11) is -9.20. The normalized spacial score (nSPS) is 12.6. The van der Waals surface area contributed by atoms with Crippen LogP contribution in [0.5, 0.6) is 5.75 Å². The minimum absolute atomic E-state index is 0.00782. The monoisotopic (exact) mass is 597 g/mol. The number of rotatable bonds is 7. The summed E-state index contributed by atoms with van der Waals surface area (Å²) >= 11 is 18.1. The maximum atomic E-state index is 13.4. The number of methoxy groups -OCH3 is 1. The molecule has 184 valence electrons. The molecular weight excluding hydrogens is 590 g/mol. The number of ether oxygens (including phenoxy) is 1. The van der Waals surface area contributed by atoms with Gasteiger partial charge in [-0.25, -0.2) is 4.98 Å². The Morgan fingerprint density at radius 2 is 1.74 bits per heavy atom. The second-order valence-electron chi connectivity index (χ2n) is 5.95. The summed E-state index contributed by atoms with van der Waals surface area (Å²) in [6, 6.07) is 5.49. The van der Waals surface area contributed by atoms with Crippen molar-refractivity contribution < 1.29 is 39.0 Å². The van der Waals surface area contributed by atoms with E-state index in [2.05, 4.69) is 9.97 Å². The zero-order valence-corrected chi connectivity index (χ0v) is 21.0. The van der Waals surface area contributed by atoms with E-state index >= 15 is 0 Å². The van der Waals surface area contributed by atoms with Gasteiger partial charge < -0.3 is 4.74 Å². The van der Waals surface area contributed by atoms with E-state index in [1.54, 1.807) is 0 Å². The molecule has 3 rings (SSSR count). The third-order valence-corrected chi connectivity index (χ3v) is 9.22. The molecule has 3 aromatic rings. The van der Waals surface area contributed by atoms with Gasteiger partial charge in [-0.3, -0.25) is 0 Å². The molecule has 0 unspecified atom stereocenters. The summed E-state index contributed by atoms with van der Waals surface area (Å²) in [4.78, 5) is 5.40. The van der Waals surface area contributed by atoms with E-state index in [1.807, 2.05) is 0 Å². The Kier molecular flexibility index (Phi) is 7.58. The number of alkyl halides is 3. The van der Waals surface area contributed by atoms with Gasteiger partial charge in [-0.1, -0.05) is 40.9 Å². The first-order valence-electron chi connectivity index (χ1n) is 8.36. The number of thiophene rings is 1. The number of aromatic nitrogens is 2. The van der Waals surface area contributed by atoms with E-state index in [0.717, 1.165) is 25.3 Å². The van der Waals surface area contributed by atoms with Gasteiger partial charge in [0.1, 0.15) is 9.10 Å². The highest BCUT2D eigenvalue weighted by molar-refractivity contribution is 7.94. The van der Waals surface area contributed by atoms with E-state index in [-0.39, 0.29) is 13.8 Å². The van der Waals surface area contributed by atoms with Crippen LogP contribution in [0, 0.1) is 0 Å². The third kappa shape index (κ3) is 5.35. The van der Waals surface area contributed by atoms with E-state index < -0.39 is 57.8 Å². The number of anilines is 1. The molecule has 0 N–H and O–H groups in total. The van der Waals surface area contributed by atoms with Crippen LogP contribution in [0.2, 0.25) is 14.4 Å². The fraction of sp³-hybridized carbons (Fsp3) is 0.125. The number of benzene rings is 1. The summed E-state index contributed by atoms with van der Waals surface area (Å²) in [6.07, 6.45) is -4.64. The largest absolute Gasteiger partial charge is 0.491 e. The molecule has 18 heteroatoms. The Labute approximate surface area is 209 Å². The predicted molar refractivity (Wildman–Crippen MR) is 117 cm³/mol. The van der Waals surface area contributed by atoms with Crippen LogP contribution in [-0.4, -0.2) is 33.9 Å². The zero-order chi connectivity index (χ0) is 25.5. The predicted octanol–water partition coefficient (Wildman–Crippen LogP) is 5.04. The smallest absolute Gasteiger partial charge is 0.451 e. The van der Waals surface area contributed by atoms with E-state index in [9.17, 15) is 30.0 Å². The van der Waals surface area contributed by atoms with Gasteiger partial charge in [0.05, 0.1) is 27.7 Å². The summed E-state index contributed by atoms with van der Waals surface area (Å²) < 4.78 is 101. The van der Waals surface area contributed by atoms with Crippen LogP contribution in [0.3, 0.4) is 0 Å². The molecule has 1 aromatic carbocycles. The number of hydrogen-bond acceptors (Lipinski definition) is 9. The minimum atomic E-state index is -5.19. The minimum Gasteiger partial charge on any atom is -0.491 e. The van der Waals surface area contributed by atoms with Crippen molar-refractivity contribution in [2.75, 3.05) is 11.6 Å². The van der Waals surface area contributed by atoms with Crippen molar-refractivity contribution in [3.63, 3.8) is 0 Å². The van der Waals surface area contributed by atoms with Crippen LogP contribution in [-0.2, 0) is 30.6 Å². The lowest BCUT2D eigenvalue weighted by Crippen LogP contribution is -2.35. The van der Waals surface area contributed by atoms with Crippen molar-refractivity contribution in [1.82, 2.24) is 9.97 Å². The highest BCUT2D eigenvalue weighted by atomic mass is 35.5. The summed E-state index contributed by atoms with van der Waals surface area (Å²) in [5, 5.41) is -0.806. The van der Waals surface area contributed by atoms with Gasteiger partial charge in [0, 0.05) is 0 Å². The lowest BCUT2D eigenvalue weighted by atomic mass is 10.4. The molecule has 0 aliphatic heterocycles. The Balaban J connectivity index is 2.30. The lowest BCUT2D eigenvalue weighted by Gasteiger charge is -2.23. The summed E-state index contributed by atoms with van der Waals surface area (Å²) in [6.45, 7) is 0. The molecule has 0 bridgehead atoms. The van der Waals surface area contributed by atoms with Crippen LogP contribution in [0.1, 0.15) is 5.82 Å². The quantitative estimate of drug-likeness (QED) is 0.347. The van der Waals surface area contributed by atoms with E-state index in [4.69, 9.17) is 43.8 Å². The van der Waals surface area contributed by atoms with Crippen LogP contribution in [0.4, 0.5) is 19.0 Å². The zero-order valence-electron chi connectivity index (χ0n) is 16.2. The lowest BCUT2D eigenvalue weighted by molar-refractivity contribution is -0.144. The van der Waals surface area contributed by atoms with Gasteiger partial charge in [0.2, 0.25) is 11.6 Å². The molecule has 0 saturated heterocycles. The number of halogens is 6. The topological polar surface area (TPSA) is 116 Å². The van der Waals surface area contributed by atoms with Crippen molar-refractivity contribution in [3.05, 3.63) is 56.7 Å². The Bertz CT molecular complexity index is 1450. The van der Waals surface area contributed by atoms with Crippen molar-refractivity contribution in [2.45, 2.75) is 15.3 Å². The van der Waals surface area contributed by atoms with Crippen LogP contribution < -0.4 is 9.21 Å². The molecule has 2 aromatic heterocycles. The van der Waals surface area contributed by atoms with E-state index in [1.165, 1.54) is 12.1 Å². The number of hydrogen-bond donors (Lipinski definition) is 0. The summed E-state index contributed by atoms with van der Waals surface area (Å²) in [5.41, 5.74) is 0. The van der Waals surface area contributed by atoms with Gasteiger partial charge >= 0.3 is 16.3 Å². The average molecular weight is 599 g/mol. The molecule has 0 aliphatic rings. The molecule has 0 spiro atoms. The maximum Gasteiger partial charge on any atom is 0.451 e. The number of sulfonamides is 1. The van der Waals surface area contributed by atoms with Crippen LogP contribution in [0.25, 0.3) is 0 Å². The molecule has 0 saturated carbocycles. The summed E-state index contributed by atoms with van der Waals surface area (Å²) in [5.74, 6) is -3.68. The molecule has 2 heterocycles. The Morgan fingerprint density at radius 3 is 2.29 bits per heavy atom. The van der Waals surface area contributed by atoms with Crippen molar-refractivity contribution in [2.24, 2.45) is 0 Å². The first-order valence-corrected chi connectivity index (χ1v) is 13.2. The van der Waals surface area contributed by atoms with Crippen molar-refractivity contribution in [3.8, 4) is 5.75 Å².